The maximum atomic E-state index is 12.7. The second kappa shape index (κ2) is 7.81. The van der Waals surface area contributed by atoms with Crippen LogP contribution in [0.1, 0.15) is 62.7 Å². The fourth-order valence-corrected chi connectivity index (χ4v) is 27.7. The first kappa shape index (κ1) is 27.3. The Labute approximate surface area is 312 Å². The zero-order chi connectivity index (χ0) is 32.8. The molecule has 3 heteroatoms. The van der Waals surface area contributed by atoms with Gasteiger partial charge in [-0.1, -0.05) is 29.4 Å². The summed E-state index contributed by atoms with van der Waals surface area (Å²) in [6.45, 7) is 0. The average molecular weight is 707 g/mol. The van der Waals surface area contributed by atoms with E-state index in [0.29, 0.717) is 17.3 Å². The van der Waals surface area contributed by atoms with Gasteiger partial charge >= 0.3 is 5.97 Å². The van der Waals surface area contributed by atoms with Crippen LogP contribution in [0.4, 0.5) is 0 Å². The van der Waals surface area contributed by atoms with Crippen LogP contribution in [-0.2, 0) is 14.9 Å². The van der Waals surface area contributed by atoms with E-state index in [1.54, 1.807) is 44.1 Å². The summed E-state index contributed by atoms with van der Waals surface area (Å²) >= 11 is 2.14. The van der Waals surface area contributed by atoms with Gasteiger partial charge in [0, 0.05) is 16.7 Å². The lowest BCUT2D eigenvalue weighted by atomic mass is 9.42. The van der Waals surface area contributed by atoms with Crippen LogP contribution in [0, 0.1) is 171 Å². The summed E-state index contributed by atoms with van der Waals surface area (Å²) in [5, 5.41) is 2.44. The van der Waals surface area contributed by atoms with E-state index in [-0.39, 0.29) is 5.97 Å². The fraction of sp³-hybridized carbons (Fsp3) is 0.816. The van der Waals surface area contributed by atoms with Gasteiger partial charge in [0.1, 0.15) is 0 Å². The Morgan fingerprint density at radius 2 is 1.40 bits per heavy atom. The summed E-state index contributed by atoms with van der Waals surface area (Å²) in [6.07, 6.45) is 18.6. The Bertz CT molecular complexity index is 2040. The lowest BCUT2D eigenvalue weighted by molar-refractivity contribution is -0.150. The number of methoxy groups -OCH3 is 1. The van der Waals surface area contributed by atoms with Crippen molar-refractivity contribution in [3.05, 3.63) is 45.7 Å². The van der Waals surface area contributed by atoms with Gasteiger partial charge in [-0.25, -0.2) is 0 Å². The molecule has 15 fully saturated rings. The maximum absolute atomic E-state index is 12.7. The minimum absolute atomic E-state index is 0.0242. The lowest BCUT2D eigenvalue weighted by Crippen LogP contribution is -2.59. The first-order valence-corrected chi connectivity index (χ1v) is 24.1. The molecule has 0 aliphatic heterocycles. The van der Waals surface area contributed by atoms with Gasteiger partial charge in [-0.2, -0.15) is 0 Å². The van der Waals surface area contributed by atoms with Crippen LogP contribution in [-0.4, -0.2) is 13.1 Å². The second-order valence-corrected chi connectivity index (χ2v) is 24.9. The van der Waals surface area contributed by atoms with Gasteiger partial charge in [0.05, 0.1) is 7.11 Å². The normalized spacial score (nSPS) is 72.6. The molecule has 0 aromatic carbocycles. The molecule has 15 saturated carbocycles. The summed E-state index contributed by atoms with van der Waals surface area (Å²) in [4.78, 5) is 14.5. The van der Waals surface area contributed by atoms with Gasteiger partial charge in [0.25, 0.3) is 0 Å². The molecule has 1 spiro atoms. The quantitative estimate of drug-likeness (QED) is 0.226. The largest absolute Gasteiger partial charge is 0.469 e. The molecule has 268 valence electrons. The summed E-state index contributed by atoms with van der Waals surface area (Å²) in [7, 11) is 1.61. The number of carbonyl (C=O) groups excluding carboxylic acids is 1. The van der Waals surface area contributed by atoms with Crippen molar-refractivity contribution in [3.8, 4) is 0 Å². The molecule has 52 heavy (non-hydrogen) atoms. The molecule has 0 N–H and O–H groups in total. The third-order valence-electron chi connectivity index (χ3n) is 25.0. The number of rotatable bonds is 5. The minimum Gasteiger partial charge on any atom is -0.469 e. The van der Waals surface area contributed by atoms with E-state index in [9.17, 15) is 4.79 Å². The number of fused-ring (bicyclic) bond motifs is 1. The molecular weight excluding hydrogens is 653 g/mol. The molecule has 1 aromatic heterocycles. The van der Waals surface area contributed by atoms with E-state index < -0.39 is 0 Å². The molecule has 1 heterocycles. The van der Waals surface area contributed by atoms with Crippen molar-refractivity contribution in [2.75, 3.05) is 7.11 Å². The Balaban J connectivity index is 0.942. The van der Waals surface area contributed by atoms with Gasteiger partial charge in [0.15, 0.2) is 0 Å². The molecule has 0 amide bonds. The molecule has 30 atom stereocenters. The predicted octanol–water partition coefficient (Wildman–Crippen LogP) is 8.99. The zero-order valence-electron chi connectivity index (χ0n) is 30.6. The highest BCUT2D eigenvalue weighted by Crippen LogP contribution is 2.98. The molecule has 2 nitrogen and oxygen atoms in total. The van der Waals surface area contributed by atoms with Crippen LogP contribution in [0.2, 0.25) is 0 Å². The van der Waals surface area contributed by atoms with E-state index in [4.69, 9.17) is 4.74 Å². The van der Waals surface area contributed by atoms with Crippen molar-refractivity contribution >= 4 is 17.3 Å². The van der Waals surface area contributed by atoms with Gasteiger partial charge in [0.2, 0.25) is 0 Å². The van der Waals surface area contributed by atoms with Crippen molar-refractivity contribution in [3.63, 3.8) is 0 Å². The van der Waals surface area contributed by atoms with E-state index in [0.717, 1.165) is 172 Å². The molecular formula is C49H54O2S. The number of hydrogen-bond donors (Lipinski definition) is 0. The molecule has 0 saturated heterocycles. The molecule has 17 aliphatic rings. The molecule has 0 radical (unpaired) electrons. The molecule has 1 aromatic rings. The van der Waals surface area contributed by atoms with E-state index >= 15 is 0 Å². The number of thiophene rings is 1. The van der Waals surface area contributed by atoms with Crippen LogP contribution in [0.25, 0.3) is 0 Å². The molecule has 17 aliphatic carbocycles. The minimum atomic E-state index is 0.0242. The van der Waals surface area contributed by atoms with Crippen molar-refractivity contribution < 1.29 is 9.53 Å². The summed E-state index contributed by atoms with van der Waals surface area (Å²) < 4.78 is 5.30. The number of esters is 1. The highest BCUT2D eigenvalue weighted by molar-refractivity contribution is 7.10. The summed E-state index contributed by atoms with van der Waals surface area (Å²) in [5.74, 6) is 29.7. The second-order valence-electron chi connectivity index (χ2n) is 23.9. The van der Waals surface area contributed by atoms with Gasteiger partial charge in [-0.15, -0.1) is 11.3 Å². The number of allylic oxidation sites excluding steroid dienone is 4. The van der Waals surface area contributed by atoms with Crippen molar-refractivity contribution in [1.82, 2.24) is 0 Å². The van der Waals surface area contributed by atoms with Crippen LogP contribution in [0.5, 0.6) is 0 Å². The molecule has 18 rings (SSSR count). The van der Waals surface area contributed by atoms with Gasteiger partial charge in [-0.05, 0) is 234 Å². The third kappa shape index (κ3) is 2.23. The van der Waals surface area contributed by atoms with Gasteiger partial charge < -0.3 is 4.74 Å². The fourth-order valence-electron chi connectivity index (χ4n) is 26.6. The maximum Gasteiger partial charge on any atom is 0.305 e. The van der Waals surface area contributed by atoms with E-state index in [1.165, 1.54) is 12.8 Å². The Kier molecular flexibility index (Phi) is 4.10. The summed E-state index contributed by atoms with van der Waals surface area (Å²) in [6, 6.07) is 5.03. The van der Waals surface area contributed by atoms with Crippen LogP contribution in [0.3, 0.4) is 0 Å². The van der Waals surface area contributed by atoms with E-state index in [2.05, 4.69) is 52.1 Å². The standard InChI is InChI=1S/C49H54O2S/c1-51-25(50)5-2-6-48(24-4-3-7-52-24)47-23-14-21-12-18-10-19-9-16-8-17-11-20-13-22-15-49(47,48)46-32(22)37-31(20)36-27(17)26(16)34-30(19)35-28(18)29(21)38-33(23)45(46)44-42(37)40(36)39(34)41(35)43(38)44/h3-4,7,11-12,16,18-20,22-23,26-47H,2,5-6,8-10,13-15H2,1H3. The smallest absolute Gasteiger partial charge is 0.305 e. The van der Waals surface area contributed by atoms with Crippen LogP contribution >= 0.6 is 11.3 Å². The van der Waals surface area contributed by atoms with Crippen LogP contribution in [0.15, 0.2) is 40.8 Å². The lowest BCUT2D eigenvalue weighted by Gasteiger charge is -2.62. The molecule has 30 unspecified atom stereocenters. The SMILES string of the molecule is COC(=O)CCCC1(c2cccs2)C2C3CC4=CC5CC6CC7CC8=CC9CC%10CC21C1C%10C2C9C9C8C7C7C6C6C5C4C4C3C1C1C4C6C7C9C21. The number of ether oxygens (including phenoxy) is 1. The zero-order valence-corrected chi connectivity index (χ0v) is 31.5. The van der Waals surface area contributed by atoms with Crippen molar-refractivity contribution in [2.45, 2.75) is 63.2 Å². The number of hydrogen-bond acceptors (Lipinski definition) is 3. The Hall–Kier alpha value is -1.35. The van der Waals surface area contributed by atoms with Gasteiger partial charge in [-0.3, -0.25) is 4.79 Å². The first-order valence-electron chi connectivity index (χ1n) is 23.2. The topological polar surface area (TPSA) is 26.3 Å². The molecule has 0 bridgehead atoms. The average Bonchev–Trinajstić information content (AvgIpc) is 3.93. The predicted molar refractivity (Wildman–Crippen MR) is 196 cm³/mol. The Morgan fingerprint density at radius 1 is 0.712 bits per heavy atom. The van der Waals surface area contributed by atoms with Crippen molar-refractivity contribution in [2.24, 2.45) is 171 Å². The highest BCUT2D eigenvalue weighted by Gasteiger charge is 2.95. The van der Waals surface area contributed by atoms with Crippen LogP contribution < -0.4 is 0 Å². The summed E-state index contributed by atoms with van der Waals surface area (Å²) in [5.41, 5.74) is 5.00. The Morgan fingerprint density at radius 3 is 2.23 bits per heavy atom. The van der Waals surface area contributed by atoms with E-state index in [1.807, 2.05) is 0 Å². The number of carbonyl (C=O) groups is 1. The monoisotopic (exact) mass is 706 g/mol. The first-order chi connectivity index (χ1) is 25.7. The third-order valence-corrected chi connectivity index (χ3v) is 26.0. The van der Waals surface area contributed by atoms with Crippen molar-refractivity contribution in [1.29, 1.82) is 0 Å². The highest BCUT2D eigenvalue weighted by atomic mass is 32.1.